The standard InChI is InChI=1S/C23H26N2O4S.C22H23ClN2O3S.C22H27N3O2S2.C20H18Cl2N2O3S.C20H25N3OS2/c1-15-7-8-16(2)17(12-15)14-30-23-24-20-10-9-18(29-3)13-19(20)22(28)25(23)11-5-4-6-21(26)27;1-14-6-7-15(2)16(11-14)13-29-22-24-19-9-8-17(23)12-18(19)21(28)25(22)10-4-3-5-20(26)27;1-15-7-8-16(2)18(13-15)14-29-22-24-19-9-12-28-20(19)21(27)25(22)11-6-4-5-10-23-17(3)26;21-15-7-5-8-16(22)14(15)12-28-20-23-17-9-2-1-6-13(17)19(27)24(20)11-4-3-10-18(25)26;1-14-6-7-15(2)16(12-14)13-26-20-22-17-8-11-25-18(17)19(24)23(20)10-5-3-4-9-21/h7-10,12-13H,4-6,11,14H2,1-3H3,(H,26,27);6-9,11-12H,3-5,10,13H2,1-2H3,(H,26,27);7-9,12-13H,4-6,10-11,14H2,1-3H3,(H,23,26);1-2,5-9H,3-4,10-12H2,(H,25,26);6-8,11-12H,3-5,9-10,13,21H2,1-2H3. The Morgan fingerprint density at radius 1 is 0.373 bits per heavy atom. The highest BCUT2D eigenvalue weighted by atomic mass is 35.5. The molecular formula is C107H119Cl3N12O13S7. The number of rotatable bonds is 42. The van der Waals surface area contributed by atoms with Crippen LogP contribution in [0.2, 0.25) is 15.1 Å². The predicted octanol–water partition coefficient (Wildman–Crippen LogP) is 24.2. The number of nitrogens with one attached hydrogen (secondary N) is 1. The first-order chi connectivity index (χ1) is 68.2. The Hall–Kier alpha value is -10.9. The number of nitrogens with two attached hydrogens (primary N) is 1. The molecule has 6 N–H and O–H groups in total. The normalized spacial score (nSPS) is 11.1. The fraction of sp³-hybridized carbons (Fsp3) is 0.346. The van der Waals surface area contributed by atoms with Crippen molar-refractivity contribution in [3.05, 3.63) is 314 Å². The number of halogens is 3. The highest BCUT2D eigenvalue weighted by Gasteiger charge is 2.22. The molecule has 0 saturated heterocycles. The zero-order valence-corrected chi connectivity index (χ0v) is 89.3. The number of methoxy groups -OCH3 is 1. The summed E-state index contributed by atoms with van der Waals surface area (Å²) in [5.74, 6) is 1.60. The molecule has 25 nitrogen and oxygen atoms in total. The van der Waals surface area contributed by atoms with Gasteiger partial charge >= 0.3 is 17.9 Å². The first-order valence-corrected chi connectivity index (χ1v) is 54.7. The van der Waals surface area contributed by atoms with Crippen LogP contribution in [0, 0.1) is 55.4 Å². The van der Waals surface area contributed by atoms with Gasteiger partial charge in [-0.3, -0.25) is 66.0 Å². The number of unbranched alkanes of at least 4 members (excludes halogenated alkanes) is 7. The van der Waals surface area contributed by atoms with E-state index in [4.69, 9.17) is 80.5 Å². The predicted molar refractivity (Wildman–Crippen MR) is 585 cm³/mol. The average Bonchev–Trinajstić information content (AvgIpc) is 1.04. The van der Waals surface area contributed by atoms with Gasteiger partial charge in [-0.1, -0.05) is 213 Å². The van der Waals surface area contributed by atoms with Gasteiger partial charge in [-0.25, -0.2) is 24.9 Å². The fourth-order valence-corrected chi connectivity index (χ4v) is 23.1. The Labute approximate surface area is 869 Å². The third kappa shape index (κ3) is 32.6. The van der Waals surface area contributed by atoms with Gasteiger partial charge in [0, 0.05) is 109 Å². The van der Waals surface area contributed by atoms with E-state index in [1.54, 1.807) is 117 Å². The minimum absolute atomic E-state index is 0.00121. The van der Waals surface area contributed by atoms with Gasteiger partial charge < -0.3 is 31.1 Å². The molecule has 0 fully saturated rings. The molecule has 0 aliphatic carbocycles. The van der Waals surface area contributed by atoms with Crippen LogP contribution in [0.4, 0.5) is 0 Å². The van der Waals surface area contributed by atoms with Crippen molar-refractivity contribution in [3.63, 3.8) is 0 Å². The van der Waals surface area contributed by atoms with E-state index in [-0.39, 0.29) is 53.0 Å². The summed E-state index contributed by atoms with van der Waals surface area (Å²) in [4.78, 5) is 132. The van der Waals surface area contributed by atoms with E-state index < -0.39 is 17.9 Å². The van der Waals surface area contributed by atoms with Crippen LogP contribution in [-0.2, 0) is 80.7 Å². The van der Waals surface area contributed by atoms with E-state index in [0.29, 0.717) is 171 Å². The molecule has 7 aromatic heterocycles. The van der Waals surface area contributed by atoms with Crippen molar-refractivity contribution in [2.24, 2.45) is 5.73 Å². The molecule has 0 atom stereocenters. The second-order valence-corrected chi connectivity index (χ2v) is 42.2. The molecule has 35 heteroatoms. The molecular weight excluding hydrogens is 1990 g/mol. The van der Waals surface area contributed by atoms with E-state index in [2.05, 4.69) is 138 Å². The minimum atomic E-state index is -0.841. The molecule has 748 valence electrons. The van der Waals surface area contributed by atoms with Crippen molar-refractivity contribution in [3.8, 4) is 5.75 Å². The van der Waals surface area contributed by atoms with Gasteiger partial charge in [0.05, 0.1) is 50.9 Å². The Balaban J connectivity index is 0.000000170. The number of aryl methyl sites for hydroxylation is 8. The van der Waals surface area contributed by atoms with Gasteiger partial charge in [0.15, 0.2) is 25.8 Å². The summed E-state index contributed by atoms with van der Waals surface area (Å²) >= 11 is 29.2. The van der Waals surface area contributed by atoms with Crippen molar-refractivity contribution in [2.45, 2.75) is 246 Å². The molecule has 142 heavy (non-hydrogen) atoms. The molecule has 7 heterocycles. The van der Waals surface area contributed by atoms with Crippen molar-refractivity contribution in [1.29, 1.82) is 0 Å². The molecule has 0 radical (unpaired) electrons. The number of ether oxygens (including phenoxy) is 1. The highest BCUT2D eigenvalue weighted by Crippen LogP contribution is 2.35. The number of thioether (sulfide) groups is 5. The van der Waals surface area contributed by atoms with E-state index in [9.17, 15) is 43.2 Å². The average molecular weight is 2110 g/mol. The Morgan fingerprint density at radius 3 is 1.11 bits per heavy atom. The SMILES string of the molecule is CC(=O)NCCCCCn1c(SCc2cc(C)ccc2C)nc2ccsc2c1=O.COc1ccc2nc(SCc3cc(C)ccc3C)n(CCCCC(=O)O)c(=O)c2c1.Cc1ccc(C)c(CSc2nc3ccc(Cl)cc3c(=O)n2CCCCC(=O)O)c1.Cc1ccc(C)c(CSc2nc3ccsc3c(=O)n2CCCCCN)c1.O=C(O)CCCCn1c(SCc2c(Cl)cccc2Cl)nc2ccccc2c1=O. The molecule has 0 bridgehead atoms. The van der Waals surface area contributed by atoms with Gasteiger partial charge in [-0.05, 0) is 266 Å². The van der Waals surface area contributed by atoms with Crippen molar-refractivity contribution in [1.82, 2.24) is 53.1 Å². The molecule has 15 rings (SSSR count). The summed E-state index contributed by atoms with van der Waals surface area (Å²) in [6.07, 6.45) is 9.27. The van der Waals surface area contributed by atoms with Gasteiger partial charge in [-0.15, -0.1) is 22.7 Å². The summed E-state index contributed by atoms with van der Waals surface area (Å²) in [5.41, 5.74) is 24.4. The van der Waals surface area contributed by atoms with Crippen molar-refractivity contribution >= 4 is 193 Å². The smallest absolute Gasteiger partial charge is 0.303 e. The van der Waals surface area contributed by atoms with Crippen LogP contribution >= 0.6 is 116 Å². The lowest BCUT2D eigenvalue weighted by Crippen LogP contribution is -2.23. The van der Waals surface area contributed by atoms with Crippen molar-refractivity contribution < 1.29 is 39.2 Å². The number of carboxylic acids is 3. The number of carbonyl (C=O) groups excluding carboxylic acids is 1. The number of carboxylic acid groups (broad SMARTS) is 3. The first kappa shape index (κ1) is 111. The third-order valence-corrected chi connectivity index (χ3v) is 31.2. The maximum Gasteiger partial charge on any atom is 0.303 e. The summed E-state index contributed by atoms with van der Waals surface area (Å²) in [6.45, 7) is 22.3. The number of hydrogen-bond donors (Lipinski definition) is 5. The summed E-state index contributed by atoms with van der Waals surface area (Å²) in [5, 5.41) is 39.8. The number of nitrogens with zero attached hydrogens (tertiary/aromatic N) is 10. The molecule has 1 amide bonds. The fourth-order valence-electron chi connectivity index (χ4n) is 15.3. The van der Waals surface area contributed by atoms with Gasteiger partial charge in [-0.2, -0.15) is 0 Å². The second kappa shape index (κ2) is 55.8. The molecule has 0 spiro atoms. The maximum absolute atomic E-state index is 13.2. The number of fused-ring (bicyclic) bond motifs is 5. The monoisotopic (exact) mass is 2110 g/mol. The zero-order chi connectivity index (χ0) is 102. The van der Waals surface area contributed by atoms with Crippen LogP contribution in [0.25, 0.3) is 53.1 Å². The number of benzene rings is 8. The molecule has 8 aromatic carbocycles. The molecule has 0 saturated carbocycles. The molecule has 15 aromatic rings. The van der Waals surface area contributed by atoms with Gasteiger partial charge in [0.1, 0.15) is 15.1 Å². The Bertz CT molecular complexity index is 7270. The van der Waals surface area contributed by atoms with E-state index >= 15 is 0 Å². The minimum Gasteiger partial charge on any atom is -0.497 e. The lowest BCUT2D eigenvalue weighted by molar-refractivity contribution is -0.138. The van der Waals surface area contributed by atoms with Gasteiger partial charge in [0.2, 0.25) is 5.91 Å². The van der Waals surface area contributed by atoms with Crippen LogP contribution in [-0.4, -0.2) is 107 Å². The summed E-state index contributed by atoms with van der Waals surface area (Å²) in [7, 11) is 1.56. The van der Waals surface area contributed by atoms with Crippen LogP contribution in [0.3, 0.4) is 0 Å². The van der Waals surface area contributed by atoms with Crippen LogP contribution < -0.4 is 43.6 Å². The van der Waals surface area contributed by atoms with Crippen molar-refractivity contribution in [2.75, 3.05) is 20.2 Å². The second-order valence-electron chi connectivity index (χ2n) is 34.4. The van der Waals surface area contributed by atoms with E-state index in [1.165, 1.54) is 132 Å². The largest absolute Gasteiger partial charge is 0.497 e. The summed E-state index contributed by atoms with van der Waals surface area (Å²) in [6, 6.07) is 52.4. The van der Waals surface area contributed by atoms with Crippen LogP contribution in [0.15, 0.2) is 224 Å². The maximum atomic E-state index is 13.2. The lowest BCUT2D eigenvalue weighted by Gasteiger charge is -2.14. The van der Waals surface area contributed by atoms with E-state index in [0.717, 1.165) is 86.3 Å². The quantitative estimate of drug-likeness (QED) is 0.0135. The number of thiophene rings is 2. The number of para-hydroxylation sites is 1. The lowest BCUT2D eigenvalue weighted by atomic mass is 10.1. The van der Waals surface area contributed by atoms with Gasteiger partial charge in [0.25, 0.3) is 27.8 Å². The summed E-state index contributed by atoms with van der Waals surface area (Å²) < 4.78 is 15.3. The number of amides is 1. The number of aromatic nitrogens is 10. The first-order valence-electron chi connectivity index (χ1n) is 46.9. The molecule has 0 aliphatic rings. The topological polar surface area (TPSA) is 351 Å². The van der Waals surface area contributed by atoms with Crippen LogP contribution in [0.1, 0.15) is 176 Å². The zero-order valence-electron chi connectivity index (χ0n) is 81.3. The number of hydrogen-bond acceptors (Lipinski definition) is 23. The molecule has 0 unspecified atom stereocenters. The molecule has 0 aliphatic heterocycles. The number of aliphatic carboxylic acids is 3. The number of carbonyl (C=O) groups is 4. The Kier molecular flexibility index (Phi) is 43.8. The Morgan fingerprint density at radius 2 is 0.718 bits per heavy atom. The van der Waals surface area contributed by atoms with Crippen LogP contribution in [0.5, 0.6) is 5.75 Å². The van der Waals surface area contributed by atoms with E-state index in [1.807, 2.05) is 38.1 Å². The third-order valence-electron chi connectivity index (χ3n) is 23.3. The highest BCUT2D eigenvalue weighted by molar-refractivity contribution is 7.99.